The fourth-order valence-corrected chi connectivity index (χ4v) is 9.82. The molecule has 0 bridgehead atoms. The number of phenols is 1. The van der Waals surface area contributed by atoms with Crippen molar-refractivity contribution in [2.45, 2.75) is 138 Å². The van der Waals surface area contributed by atoms with Crippen molar-refractivity contribution in [3.8, 4) is 5.75 Å². The summed E-state index contributed by atoms with van der Waals surface area (Å²) in [6, 6.07) is -9.58. The number of nitrogens with two attached hydrogens (primary N) is 3. The number of nitrogens with zero attached hydrogens (tertiary/aromatic N) is 2. The topological polar surface area (TPSA) is 522 Å². The molecule has 498 valence electrons. The summed E-state index contributed by atoms with van der Waals surface area (Å²) < 4.78 is 0. The molecule has 3 rings (SSSR count). The zero-order chi connectivity index (χ0) is 67.2. The van der Waals surface area contributed by atoms with Crippen molar-refractivity contribution in [3.63, 3.8) is 0 Å². The average Bonchev–Trinajstić information content (AvgIpc) is 2.32. The summed E-state index contributed by atoms with van der Waals surface area (Å²) >= 11 is 16.4. The number of phenolic OH excluding ortho intramolecular Hbond substituents is 1. The van der Waals surface area contributed by atoms with Crippen LogP contribution in [0.5, 0.6) is 5.75 Å². The predicted octanol–water partition coefficient (Wildman–Crippen LogP) is -7.51. The molecule has 1 aliphatic rings. The van der Waals surface area contributed by atoms with Crippen LogP contribution < -0.4 is 75.7 Å². The lowest BCUT2D eigenvalue weighted by Crippen LogP contribution is -2.60. The standard InChI is InChI=1S/C53H81N17O16S4/c1-26(60-52(85)40-7-5-15-70(40)53(86)32(12-13-41(55)74)63-51(84)39(24-90)69-50(83)38(23-89)61-27(2)72)44(77)68-37(22-88)45(78)58-19-42(75)62-31(6-3-4-14-54)46(79)65-34(17-29-18-57-25-59-29)48(81)64-33(16-28-8-10-30(73)11-9-28)47(80)66-35(20-71)49(82)67-36(21-87)43(56)76/h8-11,18,25-26,31-40,71,73,87-90H,3-7,12-17,19-24,54H2,1-2H3,(H2,55,74)(H2,56,76)(H,57,59)(H,58,78)(H,60,85)(H,61,72)(H,62,75)(H,63,84)(H,64,81)(H,65,79)(H,66,80)(H,67,82)(H,68,77)(H,69,83)/t26-,31-,32-,33-,34-,35-,36-,37-,38-,39-,40-/m0/s1. The molecule has 1 fully saturated rings. The van der Waals surface area contributed by atoms with Crippen LogP contribution >= 0.6 is 50.5 Å². The summed E-state index contributed by atoms with van der Waals surface area (Å²) in [5.41, 5.74) is 17.1. The highest BCUT2D eigenvalue weighted by Crippen LogP contribution is 2.21. The molecule has 1 aromatic carbocycles. The smallest absolute Gasteiger partial charge is 0.245 e. The van der Waals surface area contributed by atoms with Gasteiger partial charge in [-0.1, -0.05) is 12.1 Å². The molecule has 0 radical (unpaired) electrons. The highest BCUT2D eigenvalue weighted by molar-refractivity contribution is 7.80. The second-order valence-corrected chi connectivity index (χ2v) is 22.1. The van der Waals surface area contributed by atoms with Gasteiger partial charge in [0, 0.05) is 61.9 Å². The number of rotatable bonds is 39. The fraction of sp³-hybridized carbons (Fsp3) is 0.566. The lowest BCUT2D eigenvalue weighted by Gasteiger charge is -2.30. The fourth-order valence-electron chi connectivity index (χ4n) is 8.78. The third-order valence-corrected chi connectivity index (χ3v) is 15.1. The Balaban J connectivity index is 1.72. The van der Waals surface area contributed by atoms with E-state index in [0.717, 1.165) is 4.90 Å². The summed E-state index contributed by atoms with van der Waals surface area (Å²) in [5, 5.41) is 46.9. The Morgan fingerprint density at radius 1 is 0.622 bits per heavy atom. The first-order valence-corrected chi connectivity index (χ1v) is 30.9. The van der Waals surface area contributed by atoms with Gasteiger partial charge in [-0.05, 0) is 69.7 Å². The van der Waals surface area contributed by atoms with E-state index in [0.29, 0.717) is 18.4 Å². The number of hydrogen-bond acceptors (Lipinski definition) is 22. The Kier molecular flexibility index (Phi) is 33.4. The molecule has 0 aliphatic carbocycles. The minimum absolute atomic E-state index is 0.0249. The number of carbonyl (C=O) groups excluding carboxylic acids is 14. The molecule has 37 heteroatoms. The number of likely N-dealkylation sites (tertiary alicyclic amines) is 1. The van der Waals surface area contributed by atoms with Gasteiger partial charge in [-0.3, -0.25) is 67.1 Å². The first kappa shape index (κ1) is 76.4. The van der Waals surface area contributed by atoms with E-state index in [-0.39, 0.29) is 92.5 Å². The van der Waals surface area contributed by atoms with E-state index < -0.39 is 162 Å². The monoisotopic (exact) mass is 1340 g/mol. The van der Waals surface area contributed by atoms with E-state index in [4.69, 9.17) is 17.2 Å². The number of imidazole rings is 1. The van der Waals surface area contributed by atoms with Crippen LogP contribution in [0.25, 0.3) is 0 Å². The van der Waals surface area contributed by atoms with Crippen LogP contribution in [-0.2, 0) is 80.0 Å². The summed E-state index contributed by atoms with van der Waals surface area (Å²) in [6.45, 7) is 0.989. The molecule has 1 saturated heterocycles. The molecule has 11 atom stereocenters. The summed E-state index contributed by atoms with van der Waals surface area (Å²) in [7, 11) is 0. The van der Waals surface area contributed by atoms with Gasteiger partial charge in [0.05, 0.1) is 25.2 Å². The quantitative estimate of drug-likeness (QED) is 0.0218. The first-order valence-electron chi connectivity index (χ1n) is 28.4. The number of aliphatic hydroxyl groups is 1. The maximum atomic E-state index is 14.3. The summed E-state index contributed by atoms with van der Waals surface area (Å²) in [5.74, 6) is -13.1. The highest BCUT2D eigenvalue weighted by Gasteiger charge is 2.40. The van der Waals surface area contributed by atoms with E-state index in [2.05, 4.69) is 119 Å². The minimum Gasteiger partial charge on any atom is -0.508 e. The Bertz CT molecular complexity index is 2830. The maximum absolute atomic E-state index is 14.3. The Morgan fingerprint density at radius 3 is 1.68 bits per heavy atom. The molecule has 0 unspecified atom stereocenters. The van der Waals surface area contributed by atoms with Gasteiger partial charge in [0.2, 0.25) is 82.7 Å². The molecular formula is C53H81N17O16S4. The SMILES string of the molecule is CC(=O)N[C@@H](CS)C(=O)N[C@@H](CS)C(=O)N[C@@H](CCC(N)=O)C(=O)N1CCC[C@H]1C(=O)N[C@@H](C)C(=O)N[C@@H](CS)C(=O)NCC(=O)N[C@@H](CCCCN)C(=O)N[C@@H](Cc1c[nH]cn1)C(=O)N[C@@H](Cc1ccc(O)cc1)C(=O)N[C@@H](CO)C(=O)N[C@@H](CS)C(N)=O. The van der Waals surface area contributed by atoms with Crippen LogP contribution in [0.15, 0.2) is 36.8 Å². The van der Waals surface area contributed by atoms with Gasteiger partial charge in [-0.2, -0.15) is 50.5 Å². The van der Waals surface area contributed by atoms with E-state index in [1.807, 2.05) is 0 Å². The van der Waals surface area contributed by atoms with E-state index in [1.165, 1.54) is 50.6 Å². The second kappa shape index (κ2) is 39.3. The van der Waals surface area contributed by atoms with E-state index >= 15 is 0 Å². The number of primary amides is 2. The molecule has 0 spiro atoms. The number of aliphatic hydroxyl groups excluding tert-OH is 1. The second-order valence-electron chi connectivity index (χ2n) is 20.7. The summed E-state index contributed by atoms with van der Waals surface area (Å²) in [6.07, 6.45) is 2.62. The van der Waals surface area contributed by atoms with Crippen molar-refractivity contribution in [1.29, 1.82) is 0 Å². The number of thiol groups is 4. The van der Waals surface area contributed by atoms with Crippen LogP contribution in [-0.4, -0.2) is 223 Å². The molecule has 14 amide bonds. The highest BCUT2D eigenvalue weighted by atomic mass is 32.1. The zero-order valence-corrected chi connectivity index (χ0v) is 52.9. The first-order chi connectivity index (χ1) is 42.7. The van der Waals surface area contributed by atoms with Crippen LogP contribution in [0.1, 0.15) is 70.1 Å². The maximum Gasteiger partial charge on any atom is 0.245 e. The van der Waals surface area contributed by atoms with Gasteiger partial charge < -0.3 is 95.8 Å². The van der Waals surface area contributed by atoms with Crippen LogP contribution in [0.3, 0.4) is 0 Å². The number of hydrogen-bond donors (Lipinski definition) is 21. The normalized spacial score (nSPS) is 16.0. The molecule has 20 N–H and O–H groups in total. The van der Waals surface area contributed by atoms with Crippen molar-refractivity contribution in [2.24, 2.45) is 17.2 Å². The van der Waals surface area contributed by atoms with Gasteiger partial charge in [0.25, 0.3) is 0 Å². The molecule has 0 saturated carbocycles. The number of aromatic hydroxyl groups is 1. The molecule has 2 heterocycles. The van der Waals surface area contributed by atoms with Crippen molar-refractivity contribution in [3.05, 3.63) is 48.0 Å². The van der Waals surface area contributed by atoms with Gasteiger partial charge in [0.15, 0.2) is 0 Å². The van der Waals surface area contributed by atoms with Crippen molar-refractivity contribution in [1.82, 2.24) is 73.4 Å². The minimum atomic E-state index is -1.65. The Labute approximate surface area is 539 Å². The molecule has 2 aromatic rings. The predicted molar refractivity (Wildman–Crippen MR) is 336 cm³/mol. The number of aromatic amines is 1. The summed E-state index contributed by atoms with van der Waals surface area (Å²) in [4.78, 5) is 193. The van der Waals surface area contributed by atoms with Gasteiger partial charge in [0.1, 0.15) is 72.2 Å². The number of carbonyl (C=O) groups is 14. The van der Waals surface area contributed by atoms with Gasteiger partial charge >= 0.3 is 0 Å². The third-order valence-electron chi connectivity index (χ3n) is 13.7. The molecular weight excluding hydrogens is 1260 g/mol. The van der Waals surface area contributed by atoms with Crippen molar-refractivity contribution < 1.29 is 77.3 Å². The van der Waals surface area contributed by atoms with Crippen molar-refractivity contribution >= 4 is 133 Å². The average molecular weight is 1340 g/mol. The molecule has 1 aliphatic heterocycles. The Morgan fingerprint density at radius 2 is 1.13 bits per heavy atom. The number of amides is 14. The Hall–Kier alpha value is -7.87. The van der Waals surface area contributed by atoms with Crippen LogP contribution in [0.2, 0.25) is 0 Å². The number of nitrogens with one attached hydrogen (secondary N) is 12. The van der Waals surface area contributed by atoms with Crippen LogP contribution in [0, 0.1) is 0 Å². The molecule has 1 aromatic heterocycles. The number of benzene rings is 1. The molecule has 33 nitrogen and oxygen atoms in total. The van der Waals surface area contributed by atoms with E-state index in [1.54, 1.807) is 0 Å². The number of aromatic nitrogens is 2. The van der Waals surface area contributed by atoms with Gasteiger partial charge in [-0.25, -0.2) is 4.98 Å². The lowest BCUT2D eigenvalue weighted by molar-refractivity contribution is -0.142. The molecule has 90 heavy (non-hydrogen) atoms. The van der Waals surface area contributed by atoms with Crippen molar-refractivity contribution in [2.75, 3.05) is 49.3 Å². The third kappa shape index (κ3) is 25.6. The largest absolute Gasteiger partial charge is 0.508 e. The number of unbranched alkanes of at least 4 members (excludes halogenated alkanes) is 1. The van der Waals surface area contributed by atoms with E-state index in [9.17, 15) is 77.3 Å². The number of H-pyrrole nitrogens is 1. The zero-order valence-electron chi connectivity index (χ0n) is 49.4. The van der Waals surface area contributed by atoms with Gasteiger partial charge in [-0.15, -0.1) is 0 Å². The van der Waals surface area contributed by atoms with Crippen LogP contribution in [0.4, 0.5) is 0 Å². The lowest BCUT2D eigenvalue weighted by atomic mass is 10.0.